The van der Waals surface area contributed by atoms with Gasteiger partial charge in [-0.2, -0.15) is 0 Å². The second kappa shape index (κ2) is 10.5. The third kappa shape index (κ3) is 5.78. The normalized spacial score (nSPS) is 13.8. The topological polar surface area (TPSA) is 33.7 Å². The Morgan fingerprint density at radius 3 is 2.32 bits per heavy atom. The van der Waals surface area contributed by atoms with Crippen LogP contribution in [0.1, 0.15) is 11.1 Å². The molecule has 0 aromatic heterocycles. The quantitative estimate of drug-likeness (QED) is 0.412. The van der Waals surface area contributed by atoms with Gasteiger partial charge < -0.3 is 19.7 Å². The van der Waals surface area contributed by atoms with Crippen molar-refractivity contribution in [3.05, 3.63) is 86.9 Å². The molecule has 4 rings (SSSR count). The van der Waals surface area contributed by atoms with E-state index in [0.29, 0.717) is 21.6 Å². The first kappa shape index (κ1) is 22.1. The van der Waals surface area contributed by atoms with Crippen molar-refractivity contribution >= 4 is 46.2 Å². The maximum absolute atomic E-state index is 6.26. The van der Waals surface area contributed by atoms with E-state index in [2.05, 4.69) is 34.5 Å². The van der Waals surface area contributed by atoms with Gasteiger partial charge in [-0.05, 0) is 54.6 Å². The summed E-state index contributed by atoms with van der Waals surface area (Å²) in [4.78, 5) is 2.33. The highest BCUT2D eigenvalue weighted by molar-refractivity contribution is 6.36. The highest BCUT2D eigenvalue weighted by atomic mass is 35.5. The van der Waals surface area contributed by atoms with E-state index in [1.165, 1.54) is 5.69 Å². The van der Waals surface area contributed by atoms with Gasteiger partial charge in [0.15, 0.2) is 0 Å². The summed E-state index contributed by atoms with van der Waals surface area (Å²) in [6.07, 6.45) is 0. The van der Waals surface area contributed by atoms with Crippen molar-refractivity contribution in [1.82, 2.24) is 0 Å². The van der Waals surface area contributed by atoms with Crippen LogP contribution in [0, 0.1) is 0 Å². The highest BCUT2D eigenvalue weighted by Crippen LogP contribution is 2.29. The molecule has 1 fully saturated rings. The molecule has 31 heavy (non-hydrogen) atoms. The summed E-state index contributed by atoms with van der Waals surface area (Å²) < 4.78 is 11.5. The minimum atomic E-state index is 0.279. The number of benzene rings is 3. The summed E-state index contributed by atoms with van der Waals surface area (Å²) >= 11 is 18.8. The molecule has 4 nitrogen and oxygen atoms in total. The van der Waals surface area contributed by atoms with E-state index in [1.807, 2.05) is 24.3 Å². The number of rotatable bonds is 7. The maximum Gasteiger partial charge on any atom is 0.124 e. The third-order valence-corrected chi connectivity index (χ3v) is 6.13. The van der Waals surface area contributed by atoms with E-state index in [1.54, 1.807) is 12.1 Å². The summed E-state index contributed by atoms with van der Waals surface area (Å²) in [6, 6.07) is 19.4. The Bertz CT molecular complexity index is 1000. The number of hydrogen-bond donors (Lipinski definition) is 1. The molecule has 3 aromatic rings. The lowest BCUT2D eigenvalue weighted by molar-refractivity contribution is 0.122. The molecule has 0 unspecified atom stereocenters. The fraction of sp³-hybridized carbons (Fsp3) is 0.250. The second-order valence-electron chi connectivity index (χ2n) is 7.24. The van der Waals surface area contributed by atoms with Crippen molar-refractivity contribution < 1.29 is 9.47 Å². The molecule has 3 aromatic carbocycles. The highest BCUT2D eigenvalue weighted by Gasteiger charge is 2.12. The van der Waals surface area contributed by atoms with Gasteiger partial charge in [-0.25, -0.2) is 0 Å². The van der Waals surface area contributed by atoms with Gasteiger partial charge in [0.05, 0.1) is 13.2 Å². The Morgan fingerprint density at radius 1 is 0.903 bits per heavy atom. The smallest absolute Gasteiger partial charge is 0.124 e. The molecule has 0 amide bonds. The van der Waals surface area contributed by atoms with E-state index >= 15 is 0 Å². The molecule has 0 atom stereocenters. The molecule has 1 N–H and O–H groups in total. The van der Waals surface area contributed by atoms with Crippen LogP contribution in [0.4, 0.5) is 11.4 Å². The van der Waals surface area contributed by atoms with Gasteiger partial charge in [0.1, 0.15) is 12.4 Å². The molecule has 1 heterocycles. The SMILES string of the molecule is Clc1ccc(OCc2c(Cl)cccc2Cl)c(CNc2ccc(N3CCOCC3)cc2)c1. The van der Waals surface area contributed by atoms with Crippen molar-refractivity contribution in [3.63, 3.8) is 0 Å². The Balaban J connectivity index is 1.42. The zero-order valence-electron chi connectivity index (χ0n) is 16.9. The molecule has 0 spiro atoms. The molecule has 1 aliphatic rings. The number of halogens is 3. The number of anilines is 2. The fourth-order valence-electron chi connectivity index (χ4n) is 3.46. The van der Waals surface area contributed by atoms with Gasteiger partial charge in [0.2, 0.25) is 0 Å². The predicted molar refractivity (Wildman–Crippen MR) is 129 cm³/mol. The van der Waals surface area contributed by atoms with Gasteiger partial charge in [-0.15, -0.1) is 0 Å². The molecule has 0 aliphatic carbocycles. The fourth-order valence-corrected chi connectivity index (χ4v) is 4.16. The van der Waals surface area contributed by atoms with E-state index in [-0.39, 0.29) is 6.61 Å². The van der Waals surface area contributed by atoms with Gasteiger partial charge in [0.25, 0.3) is 0 Å². The van der Waals surface area contributed by atoms with Crippen LogP contribution in [0.15, 0.2) is 60.7 Å². The van der Waals surface area contributed by atoms with Crippen LogP contribution in [0.25, 0.3) is 0 Å². The maximum atomic E-state index is 6.26. The molecule has 162 valence electrons. The van der Waals surface area contributed by atoms with Gasteiger partial charge in [-0.3, -0.25) is 0 Å². The summed E-state index contributed by atoms with van der Waals surface area (Å²) in [5.74, 6) is 0.734. The second-order valence-corrected chi connectivity index (χ2v) is 8.49. The summed E-state index contributed by atoms with van der Waals surface area (Å²) in [5.41, 5.74) is 3.95. The third-order valence-electron chi connectivity index (χ3n) is 5.18. The van der Waals surface area contributed by atoms with E-state index < -0.39 is 0 Å². The van der Waals surface area contributed by atoms with Crippen LogP contribution in [-0.4, -0.2) is 26.3 Å². The first-order valence-electron chi connectivity index (χ1n) is 10.1. The lowest BCUT2D eigenvalue weighted by atomic mass is 10.2. The van der Waals surface area contributed by atoms with Gasteiger partial charge >= 0.3 is 0 Å². The number of nitrogens with zero attached hydrogens (tertiary/aromatic N) is 1. The average Bonchev–Trinajstić information content (AvgIpc) is 2.79. The lowest BCUT2D eigenvalue weighted by Crippen LogP contribution is -2.36. The Labute approximate surface area is 197 Å². The van der Waals surface area contributed by atoms with E-state index in [0.717, 1.165) is 48.9 Å². The largest absolute Gasteiger partial charge is 0.488 e. The van der Waals surface area contributed by atoms with Crippen molar-refractivity contribution in [2.75, 3.05) is 36.5 Å². The number of hydrogen-bond acceptors (Lipinski definition) is 4. The Hall–Kier alpha value is -2.11. The van der Waals surface area contributed by atoms with Crippen LogP contribution < -0.4 is 15.0 Å². The van der Waals surface area contributed by atoms with Crippen LogP contribution in [0.2, 0.25) is 15.1 Å². The van der Waals surface area contributed by atoms with Gasteiger partial charge in [-0.1, -0.05) is 40.9 Å². The average molecular weight is 478 g/mol. The Kier molecular flexibility index (Phi) is 7.46. The molecule has 7 heteroatoms. The lowest BCUT2D eigenvalue weighted by Gasteiger charge is -2.29. The molecular formula is C24H23Cl3N2O2. The molecule has 1 saturated heterocycles. The van der Waals surface area contributed by atoms with E-state index in [9.17, 15) is 0 Å². The van der Waals surface area contributed by atoms with Crippen molar-refractivity contribution in [3.8, 4) is 5.75 Å². The standard InChI is InChI=1S/C24H23Cl3N2O2/c25-18-4-9-24(31-16-21-22(26)2-1-3-23(21)27)17(14-18)15-28-19-5-7-20(8-6-19)29-10-12-30-13-11-29/h1-9,14,28H,10-13,15-16H2. The predicted octanol–water partition coefficient (Wildman–Crippen LogP) is 6.67. The molecule has 0 radical (unpaired) electrons. The van der Waals surface area contributed by atoms with Crippen LogP contribution in [0.3, 0.4) is 0 Å². The van der Waals surface area contributed by atoms with Crippen molar-refractivity contribution in [2.45, 2.75) is 13.2 Å². The van der Waals surface area contributed by atoms with E-state index in [4.69, 9.17) is 44.3 Å². The van der Waals surface area contributed by atoms with Crippen LogP contribution >= 0.6 is 34.8 Å². The Morgan fingerprint density at radius 2 is 1.61 bits per heavy atom. The monoisotopic (exact) mass is 476 g/mol. The van der Waals surface area contributed by atoms with Crippen LogP contribution in [0.5, 0.6) is 5.75 Å². The summed E-state index contributed by atoms with van der Waals surface area (Å²) in [6.45, 7) is 4.25. The number of ether oxygens (including phenoxy) is 2. The first-order valence-corrected chi connectivity index (χ1v) is 11.2. The molecular weight excluding hydrogens is 455 g/mol. The summed E-state index contributed by atoms with van der Waals surface area (Å²) in [5, 5.41) is 5.27. The summed E-state index contributed by atoms with van der Waals surface area (Å²) in [7, 11) is 0. The number of morpholine rings is 1. The minimum Gasteiger partial charge on any atom is -0.488 e. The molecule has 0 bridgehead atoms. The molecule has 1 aliphatic heterocycles. The van der Waals surface area contributed by atoms with Crippen LogP contribution in [-0.2, 0) is 17.9 Å². The van der Waals surface area contributed by atoms with Crippen molar-refractivity contribution in [2.24, 2.45) is 0 Å². The minimum absolute atomic E-state index is 0.279. The van der Waals surface area contributed by atoms with Gasteiger partial charge in [0, 0.05) is 57.2 Å². The zero-order valence-corrected chi connectivity index (χ0v) is 19.2. The first-order chi connectivity index (χ1) is 15.1. The molecule has 0 saturated carbocycles. The van der Waals surface area contributed by atoms with Crippen molar-refractivity contribution in [1.29, 1.82) is 0 Å². The number of nitrogens with one attached hydrogen (secondary N) is 1. The zero-order chi connectivity index (χ0) is 21.6.